The largest absolute Gasteiger partial charge is 0.481 e. The number of carboxylic acid groups (broad SMARTS) is 1. The van der Waals surface area contributed by atoms with Crippen LogP contribution in [-0.2, 0) is 11.8 Å². The fourth-order valence-electron chi connectivity index (χ4n) is 1.33. The van der Waals surface area contributed by atoms with E-state index in [1.165, 1.54) is 4.68 Å². The number of aliphatic carboxylic acids is 1. The lowest BCUT2D eigenvalue weighted by molar-refractivity contribution is -0.138. The summed E-state index contributed by atoms with van der Waals surface area (Å²) in [6.07, 6.45) is 0.624. The first kappa shape index (κ1) is 8.03. The van der Waals surface area contributed by atoms with Crippen molar-refractivity contribution in [3.05, 3.63) is 5.82 Å². The smallest absolute Gasteiger partial charge is 0.307 e. The van der Waals surface area contributed by atoms with Crippen LogP contribution < -0.4 is 5.73 Å². The zero-order valence-electron chi connectivity index (χ0n) is 7.14. The van der Waals surface area contributed by atoms with Crippen LogP contribution in [0.4, 0.5) is 5.95 Å². The standard InChI is InChI=1S/C7H10N4O2/c1-11-7(8)9-5(10-11)3-2-4(3)6(12)13/h3-4H,2H2,1H3,(H,12,13)(H2,8,9,10). The second kappa shape index (κ2) is 2.45. The Morgan fingerprint density at radius 2 is 2.46 bits per heavy atom. The van der Waals surface area contributed by atoms with Crippen LogP contribution in [0.1, 0.15) is 18.2 Å². The fourth-order valence-corrected chi connectivity index (χ4v) is 1.33. The lowest BCUT2D eigenvalue weighted by Gasteiger charge is -1.87. The minimum absolute atomic E-state index is 0.0407. The molecule has 0 aromatic carbocycles. The molecule has 1 fully saturated rings. The van der Waals surface area contributed by atoms with E-state index in [9.17, 15) is 4.79 Å². The maximum Gasteiger partial charge on any atom is 0.307 e. The third kappa shape index (κ3) is 1.24. The molecule has 1 aromatic heterocycles. The number of carboxylic acids is 1. The van der Waals surface area contributed by atoms with Crippen molar-refractivity contribution in [2.24, 2.45) is 13.0 Å². The lowest BCUT2D eigenvalue weighted by atomic mass is 10.3. The molecule has 0 amide bonds. The Bertz CT molecular complexity index is 340. The highest BCUT2D eigenvalue weighted by Crippen LogP contribution is 2.46. The summed E-state index contributed by atoms with van der Waals surface area (Å²) in [4.78, 5) is 14.5. The molecule has 0 radical (unpaired) electrons. The molecule has 2 atom stereocenters. The zero-order valence-corrected chi connectivity index (χ0v) is 7.14. The molecule has 2 unspecified atom stereocenters. The van der Waals surface area contributed by atoms with E-state index in [2.05, 4.69) is 10.1 Å². The van der Waals surface area contributed by atoms with Gasteiger partial charge in [0.05, 0.1) is 5.92 Å². The third-order valence-electron chi connectivity index (χ3n) is 2.25. The number of nitrogens with zero attached hydrogens (tertiary/aromatic N) is 3. The highest BCUT2D eigenvalue weighted by atomic mass is 16.4. The summed E-state index contributed by atoms with van der Waals surface area (Å²) >= 11 is 0. The number of aryl methyl sites for hydroxylation is 1. The minimum Gasteiger partial charge on any atom is -0.481 e. The molecule has 70 valence electrons. The van der Waals surface area contributed by atoms with Gasteiger partial charge in [0.15, 0.2) is 5.82 Å². The van der Waals surface area contributed by atoms with Crippen molar-refractivity contribution in [3.63, 3.8) is 0 Å². The van der Waals surface area contributed by atoms with Crippen LogP contribution in [-0.4, -0.2) is 25.8 Å². The first-order valence-corrected chi connectivity index (χ1v) is 3.99. The van der Waals surface area contributed by atoms with Gasteiger partial charge in [-0.3, -0.25) is 4.79 Å². The van der Waals surface area contributed by atoms with Gasteiger partial charge in [-0.15, -0.1) is 0 Å². The summed E-state index contributed by atoms with van der Waals surface area (Å²) in [7, 11) is 1.68. The van der Waals surface area contributed by atoms with Crippen molar-refractivity contribution in [1.29, 1.82) is 0 Å². The third-order valence-corrected chi connectivity index (χ3v) is 2.25. The Labute approximate surface area is 74.4 Å². The molecule has 1 aliphatic rings. The first-order chi connectivity index (χ1) is 6.09. The maximum absolute atomic E-state index is 10.5. The van der Waals surface area contributed by atoms with Crippen LogP contribution in [0.2, 0.25) is 0 Å². The molecule has 0 saturated heterocycles. The number of carbonyl (C=O) groups is 1. The molecule has 3 N–H and O–H groups in total. The van der Waals surface area contributed by atoms with Crippen LogP contribution in [0.5, 0.6) is 0 Å². The van der Waals surface area contributed by atoms with Crippen molar-refractivity contribution >= 4 is 11.9 Å². The molecule has 0 aliphatic heterocycles. The molecule has 6 heteroatoms. The van der Waals surface area contributed by atoms with Gasteiger partial charge in [0, 0.05) is 13.0 Å². The van der Waals surface area contributed by atoms with Crippen LogP contribution in [0.25, 0.3) is 0 Å². The average molecular weight is 182 g/mol. The zero-order chi connectivity index (χ0) is 9.59. The summed E-state index contributed by atoms with van der Waals surface area (Å²) in [6, 6.07) is 0. The van der Waals surface area contributed by atoms with E-state index in [-0.39, 0.29) is 11.8 Å². The summed E-state index contributed by atoms with van der Waals surface area (Å²) < 4.78 is 1.45. The average Bonchev–Trinajstić information content (AvgIpc) is 2.76. The molecule has 13 heavy (non-hydrogen) atoms. The van der Waals surface area contributed by atoms with Gasteiger partial charge in [0.2, 0.25) is 5.95 Å². The molecule has 6 nitrogen and oxygen atoms in total. The van der Waals surface area contributed by atoms with Gasteiger partial charge in [0.25, 0.3) is 0 Å². The van der Waals surface area contributed by atoms with Crippen molar-refractivity contribution < 1.29 is 9.90 Å². The van der Waals surface area contributed by atoms with E-state index in [1.54, 1.807) is 7.05 Å². The number of aromatic nitrogens is 3. The van der Waals surface area contributed by atoms with E-state index in [4.69, 9.17) is 10.8 Å². The monoisotopic (exact) mass is 182 g/mol. The van der Waals surface area contributed by atoms with E-state index >= 15 is 0 Å². The number of nitrogens with two attached hydrogens (primary N) is 1. The summed E-state index contributed by atoms with van der Waals surface area (Å²) in [6.45, 7) is 0. The van der Waals surface area contributed by atoms with Crippen LogP contribution in [0.15, 0.2) is 0 Å². The summed E-state index contributed by atoms with van der Waals surface area (Å²) in [5.41, 5.74) is 5.47. The molecule has 1 heterocycles. The van der Waals surface area contributed by atoms with Crippen LogP contribution in [0, 0.1) is 5.92 Å². The van der Waals surface area contributed by atoms with Crippen molar-refractivity contribution in [3.8, 4) is 0 Å². The highest BCUT2D eigenvalue weighted by molar-refractivity contribution is 5.74. The number of hydrogen-bond acceptors (Lipinski definition) is 4. The molecular formula is C7H10N4O2. The van der Waals surface area contributed by atoms with Crippen LogP contribution in [0.3, 0.4) is 0 Å². The van der Waals surface area contributed by atoms with Gasteiger partial charge in [-0.05, 0) is 6.42 Å². The maximum atomic E-state index is 10.5. The minimum atomic E-state index is -0.781. The molecule has 2 rings (SSSR count). The highest BCUT2D eigenvalue weighted by Gasteiger charge is 2.47. The van der Waals surface area contributed by atoms with Gasteiger partial charge >= 0.3 is 5.97 Å². The lowest BCUT2D eigenvalue weighted by Crippen LogP contribution is -2.00. The Balaban J connectivity index is 2.16. The van der Waals surface area contributed by atoms with Gasteiger partial charge in [-0.25, -0.2) is 4.68 Å². The summed E-state index contributed by atoms with van der Waals surface area (Å²) in [5, 5.41) is 12.7. The van der Waals surface area contributed by atoms with E-state index in [1.807, 2.05) is 0 Å². The molecule has 0 bridgehead atoms. The SMILES string of the molecule is Cn1nc(C2CC2C(=O)O)nc1N. The topological polar surface area (TPSA) is 94.0 Å². The second-order valence-corrected chi connectivity index (χ2v) is 3.24. The Kier molecular flexibility index (Phi) is 1.51. The van der Waals surface area contributed by atoms with Crippen LogP contribution >= 0.6 is 0 Å². The number of anilines is 1. The van der Waals surface area contributed by atoms with Gasteiger partial charge < -0.3 is 10.8 Å². The predicted octanol–water partition coefficient (Wildman–Crippen LogP) is -0.415. The normalized spacial score (nSPS) is 25.9. The Morgan fingerprint density at radius 1 is 1.77 bits per heavy atom. The van der Waals surface area contributed by atoms with E-state index in [0.717, 1.165) is 0 Å². The van der Waals surface area contributed by atoms with Crippen molar-refractivity contribution in [2.75, 3.05) is 5.73 Å². The van der Waals surface area contributed by atoms with E-state index < -0.39 is 5.97 Å². The van der Waals surface area contributed by atoms with Gasteiger partial charge in [-0.2, -0.15) is 10.1 Å². The molecule has 1 aromatic rings. The van der Waals surface area contributed by atoms with Crippen molar-refractivity contribution in [1.82, 2.24) is 14.8 Å². The predicted molar refractivity (Wildman–Crippen MR) is 43.9 cm³/mol. The molecular weight excluding hydrogens is 172 g/mol. The van der Waals surface area contributed by atoms with Gasteiger partial charge in [-0.1, -0.05) is 0 Å². The number of hydrogen-bond donors (Lipinski definition) is 2. The quantitative estimate of drug-likeness (QED) is 0.648. The first-order valence-electron chi connectivity index (χ1n) is 3.99. The number of nitrogen functional groups attached to an aromatic ring is 1. The fraction of sp³-hybridized carbons (Fsp3) is 0.571. The van der Waals surface area contributed by atoms with Crippen molar-refractivity contribution in [2.45, 2.75) is 12.3 Å². The Hall–Kier alpha value is -1.59. The second-order valence-electron chi connectivity index (χ2n) is 3.24. The summed E-state index contributed by atoms with van der Waals surface area (Å²) in [5.74, 6) is -0.266. The molecule has 0 spiro atoms. The Morgan fingerprint density at radius 3 is 2.85 bits per heavy atom. The van der Waals surface area contributed by atoms with Gasteiger partial charge in [0.1, 0.15) is 0 Å². The van der Waals surface area contributed by atoms with E-state index in [0.29, 0.717) is 18.2 Å². The number of rotatable bonds is 2. The molecule has 1 aliphatic carbocycles. The molecule has 1 saturated carbocycles.